The first-order valence-corrected chi connectivity index (χ1v) is 5.57. The Morgan fingerprint density at radius 2 is 2.20 bits per heavy atom. The summed E-state index contributed by atoms with van der Waals surface area (Å²) in [7, 11) is 0. The van der Waals surface area contributed by atoms with E-state index in [0.717, 1.165) is 23.0 Å². The van der Waals surface area contributed by atoms with Crippen LogP contribution >= 0.6 is 15.9 Å². The number of halogens is 1. The molecule has 2 heterocycles. The Hall–Kier alpha value is -1.23. The van der Waals surface area contributed by atoms with Crippen molar-refractivity contribution >= 4 is 27.0 Å². The van der Waals surface area contributed by atoms with E-state index in [1.54, 1.807) is 18.6 Å². The third-order valence-electron chi connectivity index (χ3n) is 2.55. The number of hydrogen-bond donors (Lipinski definition) is 0. The highest BCUT2D eigenvalue weighted by atomic mass is 79.9. The van der Waals surface area contributed by atoms with E-state index in [4.69, 9.17) is 0 Å². The van der Waals surface area contributed by atoms with E-state index in [1.807, 2.05) is 4.57 Å². The third kappa shape index (κ3) is 1.47. The molecule has 76 valence electrons. The Bertz CT molecular complexity index is 589. The number of aromatic nitrogens is 3. The molecular formula is C10H8BrN3O. The van der Waals surface area contributed by atoms with Gasteiger partial charge in [0.25, 0.3) is 5.56 Å². The summed E-state index contributed by atoms with van der Waals surface area (Å²) < 4.78 is 2.80. The van der Waals surface area contributed by atoms with E-state index in [0.29, 0.717) is 11.4 Å². The summed E-state index contributed by atoms with van der Waals surface area (Å²) >= 11 is 3.31. The quantitative estimate of drug-likeness (QED) is 0.791. The largest absolute Gasteiger partial charge is 0.313 e. The highest BCUT2D eigenvalue weighted by Crippen LogP contribution is 2.35. The van der Waals surface area contributed by atoms with Crippen molar-refractivity contribution in [2.75, 3.05) is 0 Å². The van der Waals surface area contributed by atoms with Crippen molar-refractivity contribution in [3.05, 3.63) is 33.4 Å². The summed E-state index contributed by atoms with van der Waals surface area (Å²) in [4.78, 5) is 19.7. The first kappa shape index (κ1) is 9.03. The number of fused-ring (bicyclic) bond motifs is 1. The van der Waals surface area contributed by atoms with Crippen LogP contribution in [0, 0.1) is 0 Å². The van der Waals surface area contributed by atoms with E-state index in [-0.39, 0.29) is 5.56 Å². The van der Waals surface area contributed by atoms with Crippen LogP contribution in [-0.4, -0.2) is 14.5 Å². The van der Waals surface area contributed by atoms with Gasteiger partial charge in [-0.1, -0.05) is 0 Å². The molecule has 1 saturated carbocycles. The molecule has 0 spiro atoms. The zero-order valence-electron chi connectivity index (χ0n) is 7.85. The maximum Gasteiger partial charge on any atom is 0.282 e. The van der Waals surface area contributed by atoms with Crippen LogP contribution in [0.3, 0.4) is 0 Å². The second-order valence-corrected chi connectivity index (χ2v) is 4.63. The molecule has 1 fully saturated rings. The predicted molar refractivity (Wildman–Crippen MR) is 59.8 cm³/mol. The average molecular weight is 266 g/mol. The van der Waals surface area contributed by atoms with Crippen LogP contribution in [-0.2, 0) is 0 Å². The van der Waals surface area contributed by atoms with Gasteiger partial charge in [0.05, 0.1) is 5.39 Å². The first-order valence-electron chi connectivity index (χ1n) is 4.78. The van der Waals surface area contributed by atoms with Crippen molar-refractivity contribution < 1.29 is 0 Å². The van der Waals surface area contributed by atoms with E-state index in [1.165, 1.54) is 0 Å². The van der Waals surface area contributed by atoms with Crippen molar-refractivity contribution in [1.29, 1.82) is 0 Å². The van der Waals surface area contributed by atoms with Gasteiger partial charge in [-0.3, -0.25) is 4.79 Å². The molecule has 0 aromatic carbocycles. The molecule has 0 amide bonds. The molecule has 3 rings (SSSR count). The number of pyridine rings is 1. The van der Waals surface area contributed by atoms with Gasteiger partial charge in [-0.15, -0.1) is 0 Å². The van der Waals surface area contributed by atoms with Crippen LogP contribution in [0.2, 0.25) is 0 Å². The summed E-state index contributed by atoms with van der Waals surface area (Å²) in [5, 5.41) is 0.582. The molecule has 0 bridgehead atoms. The van der Waals surface area contributed by atoms with Crippen LogP contribution < -0.4 is 5.56 Å². The number of nitrogens with zero attached hydrogens (tertiary/aromatic N) is 3. The van der Waals surface area contributed by atoms with Gasteiger partial charge in [0, 0.05) is 16.7 Å². The second kappa shape index (κ2) is 3.13. The van der Waals surface area contributed by atoms with Crippen LogP contribution in [0.5, 0.6) is 0 Å². The van der Waals surface area contributed by atoms with Crippen molar-refractivity contribution in [2.24, 2.45) is 0 Å². The molecule has 4 nitrogen and oxygen atoms in total. The zero-order chi connectivity index (χ0) is 10.4. The standard InChI is InChI=1S/C10H8BrN3O/c11-6-3-8-9(12-4-6)14(7-1-2-7)5-13-10(8)15/h3-5,7H,1-2H2. The summed E-state index contributed by atoms with van der Waals surface area (Å²) in [6.07, 6.45) is 5.61. The fourth-order valence-electron chi connectivity index (χ4n) is 1.65. The maximum atomic E-state index is 11.5. The average Bonchev–Trinajstić information content (AvgIpc) is 3.03. The molecule has 2 aromatic rings. The lowest BCUT2D eigenvalue weighted by Crippen LogP contribution is -2.12. The highest BCUT2D eigenvalue weighted by molar-refractivity contribution is 9.10. The van der Waals surface area contributed by atoms with Gasteiger partial charge in [0.1, 0.15) is 12.0 Å². The summed E-state index contributed by atoms with van der Waals surface area (Å²) in [6, 6.07) is 2.26. The van der Waals surface area contributed by atoms with Gasteiger partial charge in [0.2, 0.25) is 0 Å². The van der Waals surface area contributed by atoms with Crippen molar-refractivity contribution in [1.82, 2.24) is 14.5 Å². The molecule has 0 N–H and O–H groups in total. The predicted octanol–water partition coefficient (Wildman–Crippen LogP) is 1.89. The van der Waals surface area contributed by atoms with Crippen LogP contribution in [0.4, 0.5) is 0 Å². The van der Waals surface area contributed by atoms with Gasteiger partial charge in [-0.25, -0.2) is 4.98 Å². The Morgan fingerprint density at radius 3 is 2.93 bits per heavy atom. The number of rotatable bonds is 1. The van der Waals surface area contributed by atoms with Crippen LogP contribution in [0.1, 0.15) is 18.9 Å². The Morgan fingerprint density at radius 1 is 1.40 bits per heavy atom. The van der Waals surface area contributed by atoms with Gasteiger partial charge in [0.15, 0.2) is 0 Å². The van der Waals surface area contributed by atoms with Crippen LogP contribution in [0.25, 0.3) is 11.0 Å². The molecular weight excluding hydrogens is 258 g/mol. The fourth-order valence-corrected chi connectivity index (χ4v) is 1.99. The van der Waals surface area contributed by atoms with Gasteiger partial charge >= 0.3 is 0 Å². The molecule has 1 aliphatic carbocycles. The van der Waals surface area contributed by atoms with Gasteiger partial charge in [-0.05, 0) is 34.8 Å². The van der Waals surface area contributed by atoms with E-state index in [9.17, 15) is 4.79 Å². The Balaban J connectivity index is 2.39. The van der Waals surface area contributed by atoms with E-state index in [2.05, 4.69) is 25.9 Å². The minimum Gasteiger partial charge on any atom is -0.313 e. The monoisotopic (exact) mass is 265 g/mol. The summed E-state index contributed by atoms with van der Waals surface area (Å²) in [5.74, 6) is 0. The molecule has 0 unspecified atom stereocenters. The lowest BCUT2D eigenvalue weighted by Gasteiger charge is -2.06. The second-order valence-electron chi connectivity index (χ2n) is 3.71. The van der Waals surface area contributed by atoms with Gasteiger partial charge in [-0.2, -0.15) is 4.98 Å². The molecule has 0 radical (unpaired) electrons. The molecule has 0 atom stereocenters. The fraction of sp³-hybridized carbons (Fsp3) is 0.300. The smallest absolute Gasteiger partial charge is 0.282 e. The third-order valence-corrected chi connectivity index (χ3v) is 2.98. The van der Waals surface area contributed by atoms with Crippen molar-refractivity contribution in [2.45, 2.75) is 18.9 Å². The minimum atomic E-state index is -0.212. The normalized spacial score (nSPS) is 15.8. The zero-order valence-corrected chi connectivity index (χ0v) is 9.44. The molecule has 1 aliphatic rings. The Kier molecular flexibility index (Phi) is 1.88. The minimum absolute atomic E-state index is 0.212. The lowest BCUT2D eigenvalue weighted by atomic mass is 10.3. The molecule has 0 saturated heterocycles. The maximum absolute atomic E-state index is 11.5. The Labute approximate surface area is 94.1 Å². The summed E-state index contributed by atoms with van der Waals surface area (Å²) in [5.41, 5.74) is 0.524. The summed E-state index contributed by atoms with van der Waals surface area (Å²) in [6.45, 7) is 0. The SMILES string of the molecule is O=c1ncn(C2CC2)c2ncc(Br)cc12. The topological polar surface area (TPSA) is 47.8 Å². The molecule has 0 aliphatic heterocycles. The first-order chi connectivity index (χ1) is 7.25. The van der Waals surface area contributed by atoms with E-state index >= 15 is 0 Å². The van der Waals surface area contributed by atoms with E-state index < -0.39 is 0 Å². The van der Waals surface area contributed by atoms with Crippen molar-refractivity contribution in [3.63, 3.8) is 0 Å². The number of hydrogen-bond acceptors (Lipinski definition) is 3. The highest BCUT2D eigenvalue weighted by Gasteiger charge is 2.25. The molecule has 2 aromatic heterocycles. The van der Waals surface area contributed by atoms with Crippen LogP contribution in [0.15, 0.2) is 27.9 Å². The molecule has 15 heavy (non-hydrogen) atoms. The lowest BCUT2D eigenvalue weighted by molar-refractivity contribution is 0.734. The molecule has 5 heteroatoms. The van der Waals surface area contributed by atoms with Crippen molar-refractivity contribution in [3.8, 4) is 0 Å². The van der Waals surface area contributed by atoms with Gasteiger partial charge < -0.3 is 4.57 Å².